The summed E-state index contributed by atoms with van der Waals surface area (Å²) in [6.45, 7) is 3.68. The molecule has 4 N–H and O–H groups in total. The van der Waals surface area contributed by atoms with Gasteiger partial charge in [0.15, 0.2) is 0 Å². The molecule has 25 heavy (non-hydrogen) atoms. The number of Topliss-reactive ketones (excluding diaryl/α,β-unsaturated/α-hetero) is 1. The van der Waals surface area contributed by atoms with Gasteiger partial charge in [-0.3, -0.25) is 24.5 Å². The van der Waals surface area contributed by atoms with E-state index in [1.165, 1.54) is 11.8 Å². The molecule has 3 amide bonds. The van der Waals surface area contributed by atoms with Crippen LogP contribution < -0.4 is 11.1 Å². The van der Waals surface area contributed by atoms with Gasteiger partial charge in [0.05, 0.1) is 6.10 Å². The van der Waals surface area contributed by atoms with Gasteiger partial charge in [0.2, 0.25) is 17.7 Å². The van der Waals surface area contributed by atoms with Gasteiger partial charge in [-0.15, -0.1) is 0 Å². The molecule has 2 aliphatic rings. The molecule has 0 bridgehead atoms. The Morgan fingerprint density at radius 1 is 1.28 bits per heavy atom. The lowest BCUT2D eigenvalue weighted by molar-refractivity contribution is -0.144. The summed E-state index contributed by atoms with van der Waals surface area (Å²) in [6, 6.07) is -1.86. The van der Waals surface area contributed by atoms with Crippen LogP contribution in [-0.2, 0) is 19.2 Å². The number of carbonyl (C=O) groups excluding carboxylic acids is 4. The fourth-order valence-electron chi connectivity index (χ4n) is 3.49. The van der Waals surface area contributed by atoms with Crippen LogP contribution >= 0.6 is 0 Å². The first kappa shape index (κ1) is 19.5. The predicted molar refractivity (Wildman–Crippen MR) is 89.1 cm³/mol. The number of aliphatic hydroxyl groups excluding tert-OH is 1. The average Bonchev–Trinajstić information content (AvgIpc) is 3.05. The number of imide groups is 1. The van der Waals surface area contributed by atoms with E-state index in [4.69, 9.17) is 5.73 Å². The van der Waals surface area contributed by atoms with E-state index in [2.05, 4.69) is 5.32 Å². The van der Waals surface area contributed by atoms with Crippen LogP contribution in [0.3, 0.4) is 0 Å². The molecule has 8 heteroatoms. The lowest BCUT2D eigenvalue weighted by Gasteiger charge is -2.29. The second kappa shape index (κ2) is 8.05. The topological polar surface area (TPSA) is 130 Å². The number of nitrogens with one attached hydrogen (secondary N) is 1. The molecule has 1 aliphatic carbocycles. The normalized spacial score (nSPS) is 29.2. The van der Waals surface area contributed by atoms with Gasteiger partial charge in [-0.2, -0.15) is 0 Å². The minimum absolute atomic E-state index is 0.0336. The molecule has 0 aromatic heterocycles. The molecular formula is C17H27N3O5. The van der Waals surface area contributed by atoms with Crippen molar-refractivity contribution in [3.8, 4) is 0 Å². The second-order valence-electron chi connectivity index (χ2n) is 7.17. The smallest absolute Gasteiger partial charge is 0.249 e. The molecule has 0 aromatic carbocycles. The monoisotopic (exact) mass is 353 g/mol. The minimum atomic E-state index is -1.10. The summed E-state index contributed by atoms with van der Waals surface area (Å²) < 4.78 is 0. The van der Waals surface area contributed by atoms with Crippen molar-refractivity contribution in [2.45, 2.75) is 64.1 Å². The summed E-state index contributed by atoms with van der Waals surface area (Å²) in [6.07, 6.45) is 1.32. The van der Waals surface area contributed by atoms with Crippen molar-refractivity contribution in [2.24, 2.45) is 17.6 Å². The predicted octanol–water partition coefficient (Wildman–Crippen LogP) is -0.666. The maximum Gasteiger partial charge on any atom is 0.249 e. The highest BCUT2D eigenvalue weighted by Crippen LogP contribution is 2.28. The van der Waals surface area contributed by atoms with Crippen LogP contribution in [0.5, 0.6) is 0 Å². The Bertz CT molecular complexity index is 562. The van der Waals surface area contributed by atoms with E-state index in [1.807, 2.05) is 6.92 Å². The Morgan fingerprint density at radius 3 is 2.60 bits per heavy atom. The molecule has 0 radical (unpaired) electrons. The van der Waals surface area contributed by atoms with E-state index in [9.17, 15) is 24.3 Å². The number of rotatable bonds is 4. The van der Waals surface area contributed by atoms with Crippen molar-refractivity contribution in [3.05, 3.63) is 0 Å². The van der Waals surface area contributed by atoms with Crippen molar-refractivity contribution < 1.29 is 24.3 Å². The summed E-state index contributed by atoms with van der Waals surface area (Å²) >= 11 is 0. The van der Waals surface area contributed by atoms with Gasteiger partial charge in [-0.25, -0.2) is 0 Å². The zero-order valence-corrected chi connectivity index (χ0v) is 14.7. The first-order chi connectivity index (χ1) is 11.7. The number of nitrogens with zero attached hydrogens (tertiary/aromatic N) is 1. The van der Waals surface area contributed by atoms with Crippen LogP contribution in [0.15, 0.2) is 0 Å². The third kappa shape index (κ3) is 4.43. The molecule has 2 unspecified atom stereocenters. The fourth-order valence-corrected chi connectivity index (χ4v) is 3.49. The average molecular weight is 353 g/mol. The third-order valence-electron chi connectivity index (χ3n) is 5.24. The molecule has 2 rings (SSSR count). The number of carbonyl (C=O) groups is 4. The van der Waals surface area contributed by atoms with E-state index in [0.717, 1.165) is 0 Å². The molecule has 5 atom stereocenters. The van der Waals surface area contributed by atoms with Crippen molar-refractivity contribution in [1.82, 2.24) is 10.2 Å². The Labute approximate surface area is 147 Å². The van der Waals surface area contributed by atoms with Gasteiger partial charge < -0.3 is 15.7 Å². The molecule has 0 spiro atoms. The molecule has 1 saturated heterocycles. The summed E-state index contributed by atoms with van der Waals surface area (Å²) in [5.74, 6) is -1.93. The maximum absolute atomic E-state index is 12.5. The summed E-state index contributed by atoms with van der Waals surface area (Å²) in [5, 5.41) is 11.9. The van der Waals surface area contributed by atoms with Crippen molar-refractivity contribution in [3.63, 3.8) is 0 Å². The van der Waals surface area contributed by atoms with E-state index in [0.29, 0.717) is 32.2 Å². The number of nitrogens with two attached hydrogens (primary N) is 1. The molecule has 1 heterocycles. The van der Waals surface area contributed by atoms with Crippen LogP contribution in [0.1, 0.15) is 46.0 Å². The summed E-state index contributed by atoms with van der Waals surface area (Å²) in [7, 11) is 0. The molecule has 0 aromatic rings. The highest BCUT2D eigenvalue weighted by atomic mass is 16.3. The quantitative estimate of drug-likeness (QED) is 0.575. The van der Waals surface area contributed by atoms with Crippen LogP contribution in [0.25, 0.3) is 0 Å². The first-order valence-electron chi connectivity index (χ1n) is 8.83. The van der Waals surface area contributed by atoms with Crippen molar-refractivity contribution >= 4 is 23.5 Å². The Kier molecular flexibility index (Phi) is 6.29. The highest BCUT2D eigenvalue weighted by molar-refractivity contribution is 6.02. The molecule has 1 saturated carbocycles. The van der Waals surface area contributed by atoms with Crippen LogP contribution in [0.4, 0.5) is 0 Å². The van der Waals surface area contributed by atoms with Gasteiger partial charge in [0, 0.05) is 25.3 Å². The number of aliphatic hydroxyl groups is 1. The molecule has 140 valence electrons. The highest BCUT2D eigenvalue weighted by Gasteiger charge is 2.39. The number of hydrogen-bond donors (Lipinski definition) is 3. The van der Waals surface area contributed by atoms with Crippen molar-refractivity contribution in [1.29, 1.82) is 0 Å². The number of likely N-dealkylation sites (tertiary alicyclic amines) is 1. The molecular weight excluding hydrogens is 326 g/mol. The number of amides is 3. The standard InChI is InChI=1S/C17H27N3O5/c1-9-5-6-11(22)8-12(9)15(23)19-16(24)13-4-3-7-20(13)17(25)14(18)10(2)21/h9-10,12-14,21H,3-8,18H2,1-2H3,(H,19,23,24)/t9?,10-,12?,13+,14+/m1/s1. The van der Waals surface area contributed by atoms with Gasteiger partial charge in [0.1, 0.15) is 17.9 Å². The molecule has 8 nitrogen and oxygen atoms in total. The van der Waals surface area contributed by atoms with Crippen molar-refractivity contribution in [2.75, 3.05) is 6.54 Å². The minimum Gasteiger partial charge on any atom is -0.391 e. The number of hydrogen-bond acceptors (Lipinski definition) is 6. The van der Waals surface area contributed by atoms with E-state index in [-0.39, 0.29) is 18.1 Å². The first-order valence-corrected chi connectivity index (χ1v) is 8.83. The SMILES string of the molecule is CC1CCC(=O)CC1C(=O)NC(=O)[C@@H]1CCCN1C(=O)[C@@H](N)[C@@H](C)O. The molecule has 2 fully saturated rings. The van der Waals surface area contributed by atoms with Gasteiger partial charge in [-0.1, -0.05) is 6.92 Å². The van der Waals surface area contributed by atoms with E-state index in [1.54, 1.807) is 0 Å². The third-order valence-corrected chi connectivity index (χ3v) is 5.24. The summed E-state index contributed by atoms with van der Waals surface area (Å²) in [4.78, 5) is 50.1. The van der Waals surface area contributed by atoms with Crippen LogP contribution in [0, 0.1) is 11.8 Å². The zero-order chi connectivity index (χ0) is 18.7. The van der Waals surface area contributed by atoms with E-state index >= 15 is 0 Å². The van der Waals surface area contributed by atoms with Crippen LogP contribution in [-0.4, -0.2) is 58.2 Å². The fraction of sp³-hybridized carbons (Fsp3) is 0.765. The summed E-state index contributed by atoms with van der Waals surface area (Å²) in [5.41, 5.74) is 5.68. The Hall–Kier alpha value is -1.80. The lowest BCUT2D eigenvalue weighted by atomic mass is 9.79. The van der Waals surface area contributed by atoms with Gasteiger partial charge in [-0.05, 0) is 32.1 Å². The van der Waals surface area contributed by atoms with Gasteiger partial charge in [0.25, 0.3) is 0 Å². The largest absolute Gasteiger partial charge is 0.391 e. The zero-order valence-electron chi connectivity index (χ0n) is 14.7. The van der Waals surface area contributed by atoms with Gasteiger partial charge >= 0.3 is 0 Å². The maximum atomic E-state index is 12.5. The van der Waals surface area contributed by atoms with Crippen LogP contribution in [0.2, 0.25) is 0 Å². The second-order valence-corrected chi connectivity index (χ2v) is 7.17. The van der Waals surface area contributed by atoms with E-state index < -0.39 is 41.8 Å². The number of ketones is 1. The Balaban J connectivity index is 2.00. The molecule has 1 aliphatic heterocycles. The lowest BCUT2D eigenvalue weighted by Crippen LogP contribution is -2.55. The Morgan fingerprint density at radius 2 is 1.96 bits per heavy atom.